The van der Waals surface area contributed by atoms with Gasteiger partial charge in [-0.1, -0.05) is 0 Å². The number of rotatable bonds is 5. The summed E-state index contributed by atoms with van der Waals surface area (Å²) in [6, 6.07) is 9.35. The van der Waals surface area contributed by atoms with Crippen molar-refractivity contribution in [2.75, 3.05) is 38.6 Å². The van der Waals surface area contributed by atoms with E-state index in [1.54, 1.807) is 13.3 Å². The lowest BCUT2D eigenvalue weighted by atomic mass is 10.1. The van der Waals surface area contributed by atoms with Gasteiger partial charge >= 0.3 is 0 Å². The standard InChI is InChI=1S/C21H24FN5O2/c1-29-17-8-19-18(3-2-5-24-19)20(9-17)25-15-4-6-26(12-15)13-21(28)27-11-14(22)7-16(27)10-23/h2-3,5,8-9,14-16,25H,4,6-7,11-13H2,1H3/t14-,15+,16-/m0/s1. The van der Waals surface area contributed by atoms with Crippen LogP contribution in [0.5, 0.6) is 5.75 Å². The Labute approximate surface area is 169 Å². The molecular formula is C21H24FN5O2. The molecule has 1 amide bonds. The number of anilines is 1. The Bertz CT molecular complexity index is 946. The third-order valence-electron chi connectivity index (χ3n) is 5.64. The summed E-state index contributed by atoms with van der Waals surface area (Å²) in [6.07, 6.45) is 1.65. The number of pyridine rings is 1. The molecule has 1 aromatic heterocycles. The van der Waals surface area contributed by atoms with E-state index in [-0.39, 0.29) is 31.5 Å². The van der Waals surface area contributed by atoms with Crippen LogP contribution in [0, 0.1) is 11.3 Å². The maximum atomic E-state index is 13.6. The number of fused-ring (bicyclic) bond motifs is 1. The van der Waals surface area contributed by atoms with Gasteiger partial charge in [-0.2, -0.15) is 5.26 Å². The highest BCUT2D eigenvalue weighted by Gasteiger charge is 2.36. The van der Waals surface area contributed by atoms with Crippen LogP contribution in [-0.2, 0) is 4.79 Å². The largest absolute Gasteiger partial charge is 0.497 e. The number of alkyl halides is 1. The monoisotopic (exact) mass is 397 g/mol. The van der Waals surface area contributed by atoms with E-state index in [9.17, 15) is 9.18 Å². The Morgan fingerprint density at radius 1 is 1.45 bits per heavy atom. The van der Waals surface area contributed by atoms with Crippen LogP contribution in [0.25, 0.3) is 10.9 Å². The quantitative estimate of drug-likeness (QED) is 0.833. The molecule has 152 valence electrons. The predicted molar refractivity (Wildman–Crippen MR) is 107 cm³/mol. The number of ether oxygens (including phenoxy) is 1. The van der Waals surface area contributed by atoms with Crippen molar-refractivity contribution in [3.63, 3.8) is 0 Å². The first kappa shape index (κ1) is 19.4. The second kappa shape index (κ2) is 8.21. The van der Waals surface area contributed by atoms with Gasteiger partial charge in [0.1, 0.15) is 18.0 Å². The van der Waals surface area contributed by atoms with Gasteiger partial charge in [-0.05, 0) is 18.6 Å². The molecule has 0 radical (unpaired) electrons. The molecule has 0 spiro atoms. The lowest BCUT2D eigenvalue weighted by Gasteiger charge is -2.23. The van der Waals surface area contributed by atoms with Crippen molar-refractivity contribution in [2.45, 2.75) is 31.1 Å². The van der Waals surface area contributed by atoms with Gasteiger partial charge in [-0.25, -0.2) is 4.39 Å². The summed E-state index contributed by atoms with van der Waals surface area (Å²) >= 11 is 0. The van der Waals surface area contributed by atoms with E-state index in [2.05, 4.69) is 15.2 Å². The van der Waals surface area contributed by atoms with Crippen molar-refractivity contribution in [2.24, 2.45) is 0 Å². The average molecular weight is 397 g/mol. The molecule has 29 heavy (non-hydrogen) atoms. The molecule has 1 N–H and O–H groups in total. The summed E-state index contributed by atoms with van der Waals surface area (Å²) in [5.41, 5.74) is 1.81. The fraction of sp³-hybridized carbons (Fsp3) is 0.476. The smallest absolute Gasteiger partial charge is 0.237 e. The molecule has 0 saturated carbocycles. The molecule has 2 aromatic rings. The lowest BCUT2D eigenvalue weighted by molar-refractivity contribution is -0.132. The van der Waals surface area contributed by atoms with E-state index in [1.165, 1.54) is 4.90 Å². The van der Waals surface area contributed by atoms with Crippen LogP contribution >= 0.6 is 0 Å². The van der Waals surface area contributed by atoms with E-state index < -0.39 is 12.2 Å². The zero-order valence-electron chi connectivity index (χ0n) is 16.3. The number of carbonyl (C=O) groups is 1. The highest BCUT2D eigenvalue weighted by atomic mass is 19.1. The van der Waals surface area contributed by atoms with Crippen molar-refractivity contribution in [3.05, 3.63) is 30.5 Å². The van der Waals surface area contributed by atoms with Crippen LogP contribution in [0.3, 0.4) is 0 Å². The zero-order chi connectivity index (χ0) is 20.4. The topological polar surface area (TPSA) is 81.5 Å². The van der Waals surface area contributed by atoms with Gasteiger partial charge < -0.3 is 15.0 Å². The number of carbonyl (C=O) groups excluding carboxylic acids is 1. The van der Waals surface area contributed by atoms with E-state index in [0.29, 0.717) is 6.54 Å². The summed E-state index contributed by atoms with van der Waals surface area (Å²) < 4.78 is 19.0. The highest BCUT2D eigenvalue weighted by Crippen LogP contribution is 2.29. The molecule has 3 heterocycles. The zero-order valence-corrected chi connectivity index (χ0v) is 16.3. The fourth-order valence-electron chi connectivity index (χ4n) is 4.17. The van der Waals surface area contributed by atoms with Crippen molar-refractivity contribution in [1.82, 2.24) is 14.8 Å². The number of nitriles is 1. The average Bonchev–Trinajstić information content (AvgIpc) is 3.33. The molecule has 7 nitrogen and oxygen atoms in total. The molecule has 4 rings (SSSR count). The molecule has 2 aliphatic rings. The van der Waals surface area contributed by atoms with Crippen LogP contribution in [0.2, 0.25) is 0 Å². The maximum Gasteiger partial charge on any atom is 0.237 e. The Morgan fingerprint density at radius 2 is 2.31 bits per heavy atom. The fourth-order valence-corrected chi connectivity index (χ4v) is 4.17. The summed E-state index contributed by atoms with van der Waals surface area (Å²) in [5.74, 6) is 0.564. The van der Waals surface area contributed by atoms with Crippen LogP contribution in [0.4, 0.5) is 10.1 Å². The van der Waals surface area contributed by atoms with Gasteiger partial charge in [0.05, 0.1) is 31.8 Å². The van der Waals surface area contributed by atoms with Crippen molar-refractivity contribution >= 4 is 22.5 Å². The molecule has 0 aliphatic carbocycles. The number of benzene rings is 1. The maximum absolute atomic E-state index is 13.6. The number of hydrogen-bond donors (Lipinski definition) is 1. The number of aromatic nitrogens is 1. The van der Waals surface area contributed by atoms with Gasteiger partial charge in [0.25, 0.3) is 0 Å². The van der Waals surface area contributed by atoms with Crippen LogP contribution in [0.1, 0.15) is 12.8 Å². The molecule has 3 atom stereocenters. The number of nitrogens with one attached hydrogen (secondary N) is 1. The molecule has 2 aliphatic heterocycles. The Hall–Kier alpha value is -2.92. The Morgan fingerprint density at radius 3 is 3.10 bits per heavy atom. The van der Waals surface area contributed by atoms with E-state index in [1.807, 2.05) is 30.3 Å². The normalized spacial score (nSPS) is 24.6. The van der Waals surface area contributed by atoms with Crippen LogP contribution < -0.4 is 10.1 Å². The summed E-state index contributed by atoms with van der Waals surface area (Å²) in [4.78, 5) is 20.4. The van der Waals surface area contributed by atoms with Crippen LogP contribution in [-0.4, -0.2) is 72.2 Å². The van der Waals surface area contributed by atoms with E-state index in [0.717, 1.165) is 35.3 Å². The molecule has 1 aromatic carbocycles. The summed E-state index contributed by atoms with van der Waals surface area (Å²) in [5, 5.41) is 13.7. The first-order valence-corrected chi connectivity index (χ1v) is 9.82. The molecule has 8 heteroatoms. The number of methoxy groups -OCH3 is 1. The predicted octanol–water partition coefficient (Wildman–Crippen LogP) is 2.19. The van der Waals surface area contributed by atoms with Crippen molar-refractivity contribution in [3.8, 4) is 11.8 Å². The number of hydrogen-bond acceptors (Lipinski definition) is 6. The Balaban J connectivity index is 1.40. The first-order chi connectivity index (χ1) is 14.1. The number of likely N-dealkylation sites (tertiary alicyclic amines) is 2. The third kappa shape index (κ3) is 4.10. The second-order valence-electron chi connectivity index (χ2n) is 7.63. The lowest BCUT2D eigenvalue weighted by Crippen LogP contribution is -2.42. The molecule has 2 fully saturated rings. The van der Waals surface area contributed by atoms with Crippen LogP contribution in [0.15, 0.2) is 30.5 Å². The highest BCUT2D eigenvalue weighted by molar-refractivity contribution is 5.92. The SMILES string of the molecule is COc1cc(N[C@@H]2CCN(CC(=O)N3C[C@@H](F)C[C@H]3C#N)C2)c2cccnc2c1. The molecule has 2 saturated heterocycles. The minimum absolute atomic E-state index is 0.0232. The Kier molecular flexibility index (Phi) is 5.49. The van der Waals surface area contributed by atoms with Gasteiger partial charge in [0.15, 0.2) is 0 Å². The minimum Gasteiger partial charge on any atom is -0.497 e. The second-order valence-corrected chi connectivity index (χ2v) is 7.63. The van der Waals surface area contributed by atoms with Gasteiger partial charge in [0.2, 0.25) is 5.91 Å². The molecular weight excluding hydrogens is 373 g/mol. The first-order valence-electron chi connectivity index (χ1n) is 9.82. The number of nitrogens with zero attached hydrogens (tertiary/aromatic N) is 4. The van der Waals surface area contributed by atoms with Crippen molar-refractivity contribution in [1.29, 1.82) is 5.26 Å². The number of amides is 1. The van der Waals surface area contributed by atoms with Gasteiger partial charge in [-0.15, -0.1) is 0 Å². The van der Waals surface area contributed by atoms with E-state index in [4.69, 9.17) is 10.00 Å². The number of halogens is 1. The van der Waals surface area contributed by atoms with E-state index >= 15 is 0 Å². The van der Waals surface area contributed by atoms with Gasteiger partial charge in [-0.3, -0.25) is 14.7 Å². The summed E-state index contributed by atoms with van der Waals surface area (Å²) in [7, 11) is 1.63. The molecule has 0 bridgehead atoms. The minimum atomic E-state index is -1.11. The summed E-state index contributed by atoms with van der Waals surface area (Å²) in [6.45, 7) is 1.71. The third-order valence-corrected chi connectivity index (χ3v) is 5.64. The van der Waals surface area contributed by atoms with Crippen molar-refractivity contribution < 1.29 is 13.9 Å². The van der Waals surface area contributed by atoms with Gasteiger partial charge in [0, 0.05) is 55.0 Å². The molecule has 0 unspecified atom stereocenters.